The average Bonchev–Trinajstić information content (AvgIpc) is 2.56. The highest BCUT2D eigenvalue weighted by molar-refractivity contribution is 5.83. The van der Waals surface area contributed by atoms with E-state index in [1.165, 1.54) is 12.3 Å². The molecule has 1 fully saturated rings. The van der Waals surface area contributed by atoms with E-state index >= 15 is 0 Å². The molecule has 3 rings (SSSR count). The first kappa shape index (κ1) is 16.4. The summed E-state index contributed by atoms with van der Waals surface area (Å²) in [7, 11) is 0. The SMILES string of the molecule is CCC1(C(=O)NCc2ccc(Oc3cccnc3)c(F)c2)CCC1. The Bertz CT molecular complexity index is 709. The highest BCUT2D eigenvalue weighted by atomic mass is 19.1. The van der Waals surface area contributed by atoms with Crippen molar-refractivity contribution < 1.29 is 13.9 Å². The van der Waals surface area contributed by atoms with E-state index in [4.69, 9.17) is 4.74 Å². The second-order valence-electron chi connectivity index (χ2n) is 6.23. The number of hydrogen-bond donors (Lipinski definition) is 1. The van der Waals surface area contributed by atoms with Gasteiger partial charge in [0.05, 0.1) is 6.20 Å². The molecule has 0 radical (unpaired) electrons. The quantitative estimate of drug-likeness (QED) is 0.864. The number of aromatic nitrogens is 1. The summed E-state index contributed by atoms with van der Waals surface area (Å²) in [6.07, 6.45) is 7.00. The maximum absolute atomic E-state index is 14.2. The van der Waals surface area contributed by atoms with Crippen molar-refractivity contribution >= 4 is 5.91 Å². The van der Waals surface area contributed by atoms with E-state index in [1.807, 2.05) is 6.92 Å². The molecule has 126 valence electrons. The lowest BCUT2D eigenvalue weighted by Crippen LogP contribution is -2.44. The number of benzene rings is 1. The van der Waals surface area contributed by atoms with Gasteiger partial charge in [-0.1, -0.05) is 19.4 Å². The van der Waals surface area contributed by atoms with Crippen molar-refractivity contribution in [2.24, 2.45) is 5.41 Å². The Labute approximate surface area is 141 Å². The molecule has 24 heavy (non-hydrogen) atoms. The molecule has 1 saturated carbocycles. The number of halogens is 1. The summed E-state index contributed by atoms with van der Waals surface area (Å²) in [4.78, 5) is 16.2. The molecule has 5 heteroatoms. The zero-order valence-electron chi connectivity index (χ0n) is 13.7. The van der Waals surface area contributed by atoms with Gasteiger partial charge < -0.3 is 10.1 Å². The molecule has 1 aliphatic carbocycles. The molecule has 1 aliphatic rings. The van der Waals surface area contributed by atoms with Gasteiger partial charge in [-0.25, -0.2) is 4.39 Å². The van der Waals surface area contributed by atoms with Crippen molar-refractivity contribution in [1.29, 1.82) is 0 Å². The van der Waals surface area contributed by atoms with E-state index in [9.17, 15) is 9.18 Å². The topological polar surface area (TPSA) is 51.2 Å². The lowest BCUT2D eigenvalue weighted by molar-refractivity contribution is -0.136. The van der Waals surface area contributed by atoms with Crippen molar-refractivity contribution in [3.63, 3.8) is 0 Å². The highest BCUT2D eigenvalue weighted by Gasteiger charge is 2.41. The number of nitrogens with one attached hydrogen (secondary N) is 1. The van der Waals surface area contributed by atoms with Crippen LogP contribution in [-0.2, 0) is 11.3 Å². The minimum Gasteiger partial charge on any atom is -0.453 e. The fourth-order valence-corrected chi connectivity index (χ4v) is 2.99. The molecule has 1 heterocycles. The molecule has 1 aromatic heterocycles. The van der Waals surface area contributed by atoms with E-state index in [0.717, 1.165) is 25.7 Å². The van der Waals surface area contributed by atoms with Crippen LogP contribution in [0.3, 0.4) is 0 Å². The Balaban J connectivity index is 1.61. The second kappa shape index (κ2) is 6.99. The Morgan fingerprint density at radius 2 is 2.21 bits per heavy atom. The van der Waals surface area contributed by atoms with Gasteiger partial charge >= 0.3 is 0 Å². The minimum atomic E-state index is -0.459. The monoisotopic (exact) mass is 328 g/mol. The van der Waals surface area contributed by atoms with Crippen LogP contribution in [-0.4, -0.2) is 10.9 Å². The lowest BCUT2D eigenvalue weighted by atomic mass is 9.66. The average molecular weight is 328 g/mol. The third kappa shape index (κ3) is 3.40. The summed E-state index contributed by atoms with van der Waals surface area (Å²) in [6.45, 7) is 2.37. The molecule has 2 aromatic rings. The number of pyridine rings is 1. The van der Waals surface area contributed by atoms with Gasteiger partial charge in [-0.05, 0) is 49.1 Å². The Kier molecular flexibility index (Phi) is 4.79. The lowest BCUT2D eigenvalue weighted by Gasteiger charge is -2.39. The van der Waals surface area contributed by atoms with E-state index in [0.29, 0.717) is 17.9 Å². The first-order valence-corrected chi connectivity index (χ1v) is 8.27. The summed E-state index contributed by atoms with van der Waals surface area (Å²) in [6, 6.07) is 8.16. The molecule has 1 aromatic carbocycles. The number of rotatable bonds is 6. The predicted molar refractivity (Wildman–Crippen MR) is 89.1 cm³/mol. The van der Waals surface area contributed by atoms with Crippen molar-refractivity contribution in [2.45, 2.75) is 39.2 Å². The molecule has 0 aliphatic heterocycles. The van der Waals surface area contributed by atoms with Crippen LogP contribution in [0.2, 0.25) is 0 Å². The number of carbonyl (C=O) groups excluding carboxylic acids is 1. The van der Waals surface area contributed by atoms with Crippen LogP contribution in [0.1, 0.15) is 38.2 Å². The van der Waals surface area contributed by atoms with Crippen LogP contribution in [0.4, 0.5) is 4.39 Å². The van der Waals surface area contributed by atoms with Crippen LogP contribution in [0.15, 0.2) is 42.7 Å². The van der Waals surface area contributed by atoms with Crippen LogP contribution in [0, 0.1) is 11.2 Å². The third-order valence-corrected chi connectivity index (χ3v) is 4.78. The number of amides is 1. The van der Waals surface area contributed by atoms with Gasteiger partial charge in [0.25, 0.3) is 0 Å². The smallest absolute Gasteiger partial charge is 0.226 e. The molecule has 1 N–H and O–H groups in total. The van der Waals surface area contributed by atoms with E-state index < -0.39 is 5.82 Å². The van der Waals surface area contributed by atoms with Gasteiger partial charge in [-0.15, -0.1) is 0 Å². The largest absolute Gasteiger partial charge is 0.453 e. The van der Waals surface area contributed by atoms with Crippen molar-refractivity contribution in [3.05, 3.63) is 54.1 Å². The van der Waals surface area contributed by atoms with Crippen molar-refractivity contribution in [1.82, 2.24) is 10.3 Å². The molecular weight excluding hydrogens is 307 g/mol. The van der Waals surface area contributed by atoms with Gasteiger partial charge in [0.2, 0.25) is 5.91 Å². The summed E-state index contributed by atoms with van der Waals surface area (Å²) in [5, 5.41) is 2.93. The van der Waals surface area contributed by atoms with Crippen LogP contribution in [0.25, 0.3) is 0 Å². The van der Waals surface area contributed by atoms with Crippen LogP contribution in [0.5, 0.6) is 11.5 Å². The van der Waals surface area contributed by atoms with Crippen LogP contribution < -0.4 is 10.1 Å². The molecule has 0 saturated heterocycles. The zero-order valence-corrected chi connectivity index (χ0v) is 13.7. The summed E-state index contributed by atoms with van der Waals surface area (Å²) in [5.41, 5.74) is 0.506. The number of hydrogen-bond acceptors (Lipinski definition) is 3. The molecule has 1 amide bonds. The van der Waals surface area contributed by atoms with Crippen LogP contribution >= 0.6 is 0 Å². The Hall–Kier alpha value is -2.43. The van der Waals surface area contributed by atoms with Gasteiger partial charge in [0.15, 0.2) is 11.6 Å². The zero-order chi connectivity index (χ0) is 17.0. The van der Waals surface area contributed by atoms with E-state index in [2.05, 4.69) is 10.3 Å². The predicted octanol–water partition coefficient (Wildman–Crippen LogP) is 4.21. The minimum absolute atomic E-state index is 0.0762. The highest BCUT2D eigenvalue weighted by Crippen LogP contribution is 2.43. The first-order chi connectivity index (χ1) is 11.6. The Morgan fingerprint density at radius 3 is 2.79 bits per heavy atom. The van der Waals surface area contributed by atoms with Crippen molar-refractivity contribution in [2.75, 3.05) is 0 Å². The fraction of sp³-hybridized carbons (Fsp3) is 0.368. The third-order valence-electron chi connectivity index (χ3n) is 4.78. The number of carbonyl (C=O) groups is 1. The standard InChI is InChI=1S/C19H21FN2O2/c1-2-19(8-4-9-19)18(23)22-12-14-6-7-17(16(20)11-14)24-15-5-3-10-21-13-15/h3,5-7,10-11,13H,2,4,8-9,12H2,1H3,(H,22,23). The normalized spacial score (nSPS) is 15.4. The van der Waals surface area contributed by atoms with Gasteiger partial charge in [-0.3, -0.25) is 9.78 Å². The molecule has 0 unspecified atom stereocenters. The summed E-state index contributed by atoms with van der Waals surface area (Å²) >= 11 is 0. The Morgan fingerprint density at radius 1 is 1.38 bits per heavy atom. The van der Waals surface area contributed by atoms with Crippen molar-refractivity contribution in [3.8, 4) is 11.5 Å². The molecule has 0 atom stereocenters. The maximum Gasteiger partial charge on any atom is 0.226 e. The second-order valence-corrected chi connectivity index (χ2v) is 6.23. The fourth-order valence-electron chi connectivity index (χ4n) is 2.99. The van der Waals surface area contributed by atoms with Gasteiger partial charge in [0.1, 0.15) is 5.75 Å². The maximum atomic E-state index is 14.2. The molecule has 0 spiro atoms. The molecule has 0 bridgehead atoms. The number of ether oxygens (including phenoxy) is 1. The van der Waals surface area contributed by atoms with Gasteiger partial charge in [0, 0.05) is 18.2 Å². The number of nitrogens with zero attached hydrogens (tertiary/aromatic N) is 1. The van der Waals surface area contributed by atoms with Gasteiger partial charge in [-0.2, -0.15) is 0 Å². The molecule has 4 nitrogen and oxygen atoms in total. The van der Waals surface area contributed by atoms with E-state index in [-0.39, 0.29) is 17.1 Å². The summed E-state index contributed by atoms with van der Waals surface area (Å²) < 4.78 is 19.6. The summed E-state index contributed by atoms with van der Waals surface area (Å²) in [5.74, 6) is 0.237. The molecular formula is C19H21FN2O2. The van der Waals surface area contributed by atoms with E-state index in [1.54, 1.807) is 30.5 Å². The first-order valence-electron chi connectivity index (χ1n) is 8.27.